The predicted octanol–water partition coefficient (Wildman–Crippen LogP) is 5.01. The van der Waals surface area contributed by atoms with Gasteiger partial charge in [-0.15, -0.1) is 0 Å². The van der Waals surface area contributed by atoms with E-state index in [1.54, 1.807) is 36.1 Å². The average molecular weight is 378 g/mol. The number of hydrogen-bond acceptors (Lipinski definition) is 4. The van der Waals surface area contributed by atoms with Crippen molar-refractivity contribution < 1.29 is 14.3 Å². The van der Waals surface area contributed by atoms with Gasteiger partial charge in [0.05, 0.1) is 24.1 Å². The lowest BCUT2D eigenvalue weighted by Gasteiger charge is -2.14. The number of aryl methyl sites for hydroxylation is 2. The first-order chi connectivity index (χ1) is 13.2. The van der Waals surface area contributed by atoms with Gasteiger partial charge >= 0.3 is 5.97 Å². The first-order valence-electron chi connectivity index (χ1n) is 9.23. The van der Waals surface area contributed by atoms with E-state index in [4.69, 9.17) is 14.6 Å². The van der Waals surface area contributed by atoms with Crippen LogP contribution in [0.3, 0.4) is 0 Å². The standard InChI is InChI=1S/C23H26N2O3/c1-15-7-12-19(16(2)13-15)25-21(14-20(24-25)23(3,4)5)28-22(26)17-8-10-18(27-6)11-9-17/h7-14H,1-6H3. The summed E-state index contributed by atoms with van der Waals surface area (Å²) in [5.74, 6) is 0.651. The molecule has 1 aromatic heterocycles. The Morgan fingerprint density at radius 1 is 1.00 bits per heavy atom. The van der Waals surface area contributed by atoms with Gasteiger partial charge in [-0.2, -0.15) is 5.10 Å². The van der Waals surface area contributed by atoms with Crippen molar-refractivity contribution in [2.24, 2.45) is 0 Å². The predicted molar refractivity (Wildman–Crippen MR) is 110 cm³/mol. The Morgan fingerprint density at radius 3 is 2.25 bits per heavy atom. The maximum Gasteiger partial charge on any atom is 0.344 e. The molecule has 0 fully saturated rings. The van der Waals surface area contributed by atoms with Gasteiger partial charge in [0, 0.05) is 11.5 Å². The summed E-state index contributed by atoms with van der Waals surface area (Å²) in [5.41, 5.74) is 4.24. The fourth-order valence-corrected chi connectivity index (χ4v) is 2.90. The number of esters is 1. The van der Waals surface area contributed by atoms with Crippen LogP contribution in [0.4, 0.5) is 0 Å². The van der Waals surface area contributed by atoms with Crippen LogP contribution in [0.2, 0.25) is 0 Å². The van der Waals surface area contributed by atoms with Crippen LogP contribution in [0.25, 0.3) is 5.69 Å². The van der Waals surface area contributed by atoms with E-state index in [9.17, 15) is 4.79 Å². The first kappa shape index (κ1) is 19.7. The molecule has 0 spiro atoms. The van der Waals surface area contributed by atoms with E-state index in [1.807, 2.05) is 32.0 Å². The summed E-state index contributed by atoms with van der Waals surface area (Å²) in [6.45, 7) is 10.3. The zero-order valence-electron chi connectivity index (χ0n) is 17.2. The van der Waals surface area contributed by atoms with E-state index in [0.29, 0.717) is 17.2 Å². The SMILES string of the molecule is COc1ccc(C(=O)Oc2cc(C(C)(C)C)nn2-c2ccc(C)cc2C)cc1. The average Bonchev–Trinajstić information content (AvgIpc) is 3.05. The molecule has 5 heteroatoms. The van der Waals surface area contributed by atoms with Crippen LogP contribution in [0.1, 0.15) is 48.0 Å². The molecule has 3 aromatic rings. The smallest absolute Gasteiger partial charge is 0.344 e. The molecule has 5 nitrogen and oxygen atoms in total. The summed E-state index contributed by atoms with van der Waals surface area (Å²) in [4.78, 5) is 12.7. The third-order valence-electron chi connectivity index (χ3n) is 4.55. The van der Waals surface area contributed by atoms with E-state index < -0.39 is 5.97 Å². The van der Waals surface area contributed by atoms with Crippen molar-refractivity contribution in [3.8, 4) is 17.3 Å². The monoisotopic (exact) mass is 378 g/mol. The lowest BCUT2D eigenvalue weighted by Crippen LogP contribution is -2.13. The van der Waals surface area contributed by atoms with Gasteiger partial charge in [0.25, 0.3) is 0 Å². The van der Waals surface area contributed by atoms with Crippen LogP contribution >= 0.6 is 0 Å². The second-order valence-electron chi connectivity index (χ2n) is 7.94. The van der Waals surface area contributed by atoms with Gasteiger partial charge in [-0.3, -0.25) is 0 Å². The summed E-state index contributed by atoms with van der Waals surface area (Å²) in [7, 11) is 1.59. The highest BCUT2D eigenvalue weighted by molar-refractivity contribution is 5.91. The Balaban J connectivity index is 2.01. The van der Waals surface area contributed by atoms with Crippen molar-refractivity contribution in [2.45, 2.75) is 40.0 Å². The van der Waals surface area contributed by atoms with Crippen LogP contribution in [0.15, 0.2) is 48.5 Å². The van der Waals surface area contributed by atoms with Crippen molar-refractivity contribution >= 4 is 5.97 Å². The summed E-state index contributed by atoms with van der Waals surface area (Å²) >= 11 is 0. The molecule has 0 bridgehead atoms. The molecule has 0 unspecified atom stereocenters. The van der Waals surface area contributed by atoms with Crippen LogP contribution in [0.5, 0.6) is 11.6 Å². The van der Waals surface area contributed by atoms with E-state index in [-0.39, 0.29) is 5.41 Å². The van der Waals surface area contributed by atoms with Crippen molar-refractivity contribution in [1.82, 2.24) is 9.78 Å². The van der Waals surface area contributed by atoms with Crippen molar-refractivity contribution in [2.75, 3.05) is 7.11 Å². The van der Waals surface area contributed by atoms with Crippen LogP contribution in [0, 0.1) is 13.8 Å². The molecule has 28 heavy (non-hydrogen) atoms. The maximum absolute atomic E-state index is 12.7. The lowest BCUT2D eigenvalue weighted by molar-refractivity contribution is 0.0723. The topological polar surface area (TPSA) is 53.4 Å². The highest BCUT2D eigenvalue weighted by atomic mass is 16.5. The quantitative estimate of drug-likeness (QED) is 0.599. The molecule has 1 heterocycles. The minimum absolute atomic E-state index is 0.175. The van der Waals surface area contributed by atoms with Gasteiger partial charge in [0.2, 0.25) is 5.88 Å². The highest BCUT2D eigenvalue weighted by Gasteiger charge is 2.23. The molecule has 0 amide bonds. The van der Waals surface area contributed by atoms with E-state index in [0.717, 1.165) is 16.9 Å². The maximum atomic E-state index is 12.7. The van der Waals surface area contributed by atoms with Crippen molar-refractivity contribution in [3.05, 3.63) is 70.9 Å². The molecule has 0 saturated heterocycles. The van der Waals surface area contributed by atoms with Gasteiger partial charge in [-0.1, -0.05) is 38.5 Å². The zero-order chi connectivity index (χ0) is 20.5. The number of nitrogens with zero attached hydrogens (tertiary/aromatic N) is 2. The molecular weight excluding hydrogens is 352 g/mol. The molecule has 0 saturated carbocycles. The summed E-state index contributed by atoms with van der Waals surface area (Å²) in [6.07, 6.45) is 0. The fourth-order valence-electron chi connectivity index (χ4n) is 2.90. The number of benzene rings is 2. The number of carbonyl (C=O) groups excluding carboxylic acids is 1. The molecule has 0 aliphatic rings. The van der Waals surface area contributed by atoms with Crippen molar-refractivity contribution in [3.63, 3.8) is 0 Å². The number of rotatable bonds is 4. The van der Waals surface area contributed by atoms with Crippen molar-refractivity contribution in [1.29, 1.82) is 0 Å². The number of ether oxygens (including phenoxy) is 2. The number of hydrogen-bond donors (Lipinski definition) is 0. The molecular formula is C23H26N2O3. The van der Waals surface area contributed by atoms with Gasteiger partial charge < -0.3 is 9.47 Å². The number of methoxy groups -OCH3 is 1. The second kappa shape index (κ2) is 7.50. The molecule has 3 rings (SSSR count). The normalized spacial score (nSPS) is 11.4. The largest absolute Gasteiger partial charge is 0.497 e. The Morgan fingerprint density at radius 2 is 1.68 bits per heavy atom. The summed E-state index contributed by atoms with van der Waals surface area (Å²) in [6, 6.07) is 14.8. The van der Waals surface area contributed by atoms with Gasteiger partial charge in [-0.05, 0) is 49.7 Å². The first-order valence-corrected chi connectivity index (χ1v) is 9.23. The van der Waals surface area contributed by atoms with Gasteiger partial charge in [0.15, 0.2) is 0 Å². The highest BCUT2D eigenvalue weighted by Crippen LogP contribution is 2.29. The Bertz CT molecular complexity index is 996. The molecule has 0 aliphatic heterocycles. The third kappa shape index (κ3) is 4.09. The van der Waals surface area contributed by atoms with Crippen LogP contribution in [-0.4, -0.2) is 22.9 Å². The molecule has 0 radical (unpaired) electrons. The number of aromatic nitrogens is 2. The van der Waals surface area contributed by atoms with E-state index in [2.05, 4.69) is 26.8 Å². The Labute approximate surface area is 165 Å². The van der Waals surface area contributed by atoms with E-state index in [1.165, 1.54) is 5.56 Å². The molecule has 146 valence electrons. The zero-order valence-corrected chi connectivity index (χ0v) is 17.2. The van der Waals surface area contributed by atoms with Gasteiger partial charge in [0.1, 0.15) is 5.75 Å². The Hall–Kier alpha value is -3.08. The summed E-state index contributed by atoms with van der Waals surface area (Å²) < 4.78 is 12.6. The fraction of sp³-hybridized carbons (Fsp3) is 0.304. The molecule has 0 aliphatic carbocycles. The van der Waals surface area contributed by atoms with Crippen LogP contribution in [-0.2, 0) is 5.41 Å². The minimum atomic E-state index is -0.436. The van der Waals surface area contributed by atoms with Crippen LogP contribution < -0.4 is 9.47 Å². The lowest BCUT2D eigenvalue weighted by atomic mass is 9.93. The summed E-state index contributed by atoms with van der Waals surface area (Å²) in [5, 5.41) is 4.74. The molecule has 0 atom stereocenters. The molecule has 0 N–H and O–H groups in total. The third-order valence-corrected chi connectivity index (χ3v) is 4.55. The van der Waals surface area contributed by atoms with E-state index >= 15 is 0 Å². The number of carbonyl (C=O) groups is 1. The van der Waals surface area contributed by atoms with Gasteiger partial charge in [-0.25, -0.2) is 9.48 Å². The minimum Gasteiger partial charge on any atom is -0.497 e. The second-order valence-corrected chi connectivity index (χ2v) is 7.94. The molecule has 2 aromatic carbocycles. The Kier molecular flexibility index (Phi) is 5.27.